The number of hydrogen-bond donors (Lipinski definition) is 3. The number of carbonyl (C=O) groups excluding carboxylic acids is 1. The number of benzene rings is 1. The minimum absolute atomic E-state index is 0.220. The second kappa shape index (κ2) is 10.6. The standard InChI is InChI=1S/C23H32N4O5S/c1-29-17-8-7-15(13-18(17)30-2)14-25-22(28)31-20-19(21(33)26-16-5-3-4-6-16)23(32-27-20)9-11-24-12-10-23/h7-8,13,16,19,24H,3-6,9-12,14H2,1-2H3,(H,25,28)(H,26,33). The smallest absolute Gasteiger partial charge is 0.414 e. The van der Waals surface area contributed by atoms with E-state index >= 15 is 0 Å². The molecule has 2 heterocycles. The maximum Gasteiger partial charge on any atom is 0.414 e. The first-order valence-corrected chi connectivity index (χ1v) is 11.9. The molecule has 0 bridgehead atoms. The molecule has 10 heteroatoms. The predicted molar refractivity (Wildman–Crippen MR) is 128 cm³/mol. The van der Waals surface area contributed by atoms with E-state index < -0.39 is 11.7 Å². The lowest BCUT2D eigenvalue weighted by atomic mass is 9.80. The number of piperidine rings is 1. The summed E-state index contributed by atoms with van der Waals surface area (Å²) in [5.74, 6) is 1.05. The molecule has 1 aromatic carbocycles. The number of nitrogens with one attached hydrogen (secondary N) is 3. The number of methoxy groups -OCH3 is 2. The Bertz CT molecular complexity index is 897. The highest BCUT2D eigenvalue weighted by Crippen LogP contribution is 2.39. The quantitative estimate of drug-likeness (QED) is 0.539. The van der Waals surface area contributed by atoms with Crippen LogP contribution in [0.2, 0.25) is 0 Å². The fourth-order valence-corrected chi connectivity index (χ4v) is 5.26. The zero-order valence-electron chi connectivity index (χ0n) is 19.1. The third-order valence-electron chi connectivity index (χ3n) is 6.59. The van der Waals surface area contributed by atoms with Crippen molar-refractivity contribution in [3.63, 3.8) is 0 Å². The van der Waals surface area contributed by atoms with Crippen LogP contribution in [0.1, 0.15) is 44.1 Å². The molecule has 2 fully saturated rings. The van der Waals surface area contributed by atoms with E-state index in [0.29, 0.717) is 22.5 Å². The van der Waals surface area contributed by atoms with Crippen molar-refractivity contribution in [1.29, 1.82) is 0 Å². The molecule has 0 aromatic heterocycles. The molecule has 1 atom stereocenters. The van der Waals surface area contributed by atoms with Gasteiger partial charge in [0, 0.05) is 25.4 Å². The van der Waals surface area contributed by atoms with Crippen LogP contribution >= 0.6 is 12.2 Å². The van der Waals surface area contributed by atoms with E-state index in [-0.39, 0.29) is 18.4 Å². The summed E-state index contributed by atoms with van der Waals surface area (Å²) in [6.07, 6.45) is 5.48. The van der Waals surface area contributed by atoms with Crippen LogP contribution in [0.25, 0.3) is 0 Å². The van der Waals surface area contributed by atoms with Gasteiger partial charge in [0.15, 0.2) is 17.1 Å². The van der Waals surface area contributed by atoms with Gasteiger partial charge in [0.05, 0.1) is 19.2 Å². The van der Waals surface area contributed by atoms with Crippen molar-refractivity contribution < 1.29 is 23.8 Å². The van der Waals surface area contributed by atoms with Crippen LogP contribution in [0.5, 0.6) is 11.5 Å². The fraction of sp³-hybridized carbons (Fsp3) is 0.609. The van der Waals surface area contributed by atoms with E-state index in [1.54, 1.807) is 20.3 Å². The van der Waals surface area contributed by atoms with Crippen molar-refractivity contribution in [3.05, 3.63) is 23.8 Å². The molecule has 180 valence electrons. The van der Waals surface area contributed by atoms with Crippen LogP contribution in [0.3, 0.4) is 0 Å². The Kier molecular flexibility index (Phi) is 7.54. The van der Waals surface area contributed by atoms with Gasteiger partial charge in [-0.15, -0.1) is 0 Å². The molecule has 3 aliphatic rings. The van der Waals surface area contributed by atoms with Gasteiger partial charge in [-0.05, 0) is 48.8 Å². The number of hydrogen-bond acceptors (Lipinski definition) is 8. The van der Waals surface area contributed by atoms with Gasteiger partial charge in [-0.25, -0.2) is 4.79 Å². The molecule has 1 amide bonds. The average Bonchev–Trinajstić information content (AvgIpc) is 3.46. The van der Waals surface area contributed by atoms with Gasteiger partial charge in [0.2, 0.25) is 0 Å². The normalized spacial score (nSPS) is 21.8. The maximum absolute atomic E-state index is 12.6. The molecular weight excluding hydrogens is 444 g/mol. The summed E-state index contributed by atoms with van der Waals surface area (Å²) in [5.41, 5.74) is 0.270. The first kappa shape index (κ1) is 23.6. The molecule has 1 aliphatic carbocycles. The molecule has 1 saturated carbocycles. The predicted octanol–water partition coefficient (Wildman–Crippen LogP) is 2.87. The van der Waals surface area contributed by atoms with Crippen LogP contribution in [0.15, 0.2) is 23.4 Å². The molecule has 4 rings (SSSR count). The number of alkyl carbamates (subject to hydrolysis) is 1. The fourth-order valence-electron chi connectivity index (χ4n) is 4.78. The van der Waals surface area contributed by atoms with Crippen molar-refractivity contribution in [1.82, 2.24) is 16.0 Å². The molecule has 0 radical (unpaired) electrons. The third-order valence-corrected chi connectivity index (χ3v) is 6.94. The number of thiocarbonyl (C=S) groups is 1. The van der Waals surface area contributed by atoms with Gasteiger partial charge in [-0.3, -0.25) is 0 Å². The second-order valence-electron chi connectivity index (χ2n) is 8.69. The van der Waals surface area contributed by atoms with Crippen LogP contribution in [-0.2, 0) is 16.1 Å². The number of amides is 1. The van der Waals surface area contributed by atoms with Crippen molar-refractivity contribution in [2.75, 3.05) is 27.3 Å². The Morgan fingerprint density at radius 1 is 1.21 bits per heavy atom. The van der Waals surface area contributed by atoms with Gasteiger partial charge in [0.1, 0.15) is 5.92 Å². The van der Waals surface area contributed by atoms with Gasteiger partial charge in [-0.1, -0.05) is 31.1 Å². The Balaban J connectivity index is 1.40. The van der Waals surface area contributed by atoms with Crippen molar-refractivity contribution in [2.24, 2.45) is 11.1 Å². The van der Waals surface area contributed by atoms with E-state index in [1.165, 1.54) is 12.8 Å². The van der Waals surface area contributed by atoms with Crippen LogP contribution in [0, 0.1) is 5.92 Å². The van der Waals surface area contributed by atoms with Gasteiger partial charge >= 0.3 is 6.09 Å². The van der Waals surface area contributed by atoms with E-state index in [0.717, 1.165) is 44.3 Å². The molecule has 33 heavy (non-hydrogen) atoms. The summed E-state index contributed by atoms with van der Waals surface area (Å²) in [7, 11) is 3.15. The third kappa shape index (κ3) is 5.33. The van der Waals surface area contributed by atoms with Gasteiger partial charge in [-0.2, -0.15) is 0 Å². The van der Waals surface area contributed by atoms with E-state index in [4.69, 9.17) is 31.3 Å². The van der Waals surface area contributed by atoms with E-state index in [9.17, 15) is 4.79 Å². The lowest BCUT2D eigenvalue weighted by Gasteiger charge is -2.36. The largest absolute Gasteiger partial charge is 0.493 e. The first-order valence-electron chi connectivity index (χ1n) is 11.5. The van der Waals surface area contributed by atoms with Gasteiger partial charge in [0.25, 0.3) is 5.90 Å². The lowest BCUT2D eigenvalue weighted by molar-refractivity contribution is -0.0530. The summed E-state index contributed by atoms with van der Waals surface area (Å²) in [4.78, 5) is 19.2. The zero-order valence-corrected chi connectivity index (χ0v) is 20.0. The van der Waals surface area contributed by atoms with Gasteiger partial charge < -0.3 is 35.0 Å². The Labute approximate surface area is 199 Å². The second-order valence-corrected chi connectivity index (χ2v) is 9.13. The van der Waals surface area contributed by atoms with Crippen LogP contribution < -0.4 is 25.4 Å². The molecule has 1 aromatic rings. The summed E-state index contributed by atoms with van der Waals surface area (Å²) in [6.45, 7) is 1.87. The van der Waals surface area contributed by atoms with Crippen molar-refractivity contribution in [2.45, 2.75) is 56.7 Å². The summed E-state index contributed by atoms with van der Waals surface area (Å²) in [6, 6.07) is 5.81. The Hall–Kier alpha value is -2.59. The number of rotatable bonds is 6. The molecular formula is C23H32N4O5S. The average molecular weight is 477 g/mol. The maximum atomic E-state index is 12.6. The molecule has 1 saturated heterocycles. The Morgan fingerprint density at radius 2 is 1.94 bits per heavy atom. The van der Waals surface area contributed by atoms with E-state index in [1.807, 2.05) is 12.1 Å². The highest BCUT2D eigenvalue weighted by atomic mass is 32.1. The Morgan fingerprint density at radius 3 is 2.64 bits per heavy atom. The number of oxime groups is 1. The minimum atomic E-state index is -0.605. The summed E-state index contributed by atoms with van der Waals surface area (Å²) < 4.78 is 16.2. The summed E-state index contributed by atoms with van der Waals surface area (Å²) >= 11 is 5.80. The van der Waals surface area contributed by atoms with Crippen molar-refractivity contribution >= 4 is 29.2 Å². The van der Waals surface area contributed by atoms with Crippen LogP contribution in [0.4, 0.5) is 4.79 Å². The van der Waals surface area contributed by atoms with Crippen molar-refractivity contribution in [3.8, 4) is 11.5 Å². The molecule has 1 spiro atoms. The molecule has 3 N–H and O–H groups in total. The topological polar surface area (TPSA) is 102 Å². The molecule has 9 nitrogen and oxygen atoms in total. The lowest BCUT2D eigenvalue weighted by Crippen LogP contribution is -2.54. The monoisotopic (exact) mass is 476 g/mol. The number of carbonyl (C=O) groups is 1. The zero-order chi connectivity index (χ0) is 23.3. The highest BCUT2D eigenvalue weighted by molar-refractivity contribution is 7.80. The SMILES string of the molecule is COc1ccc(CNC(=O)OC2=NOC3(CCNCC3)C2C(=S)NC2CCCC2)cc1OC. The minimum Gasteiger partial charge on any atom is -0.493 e. The number of ether oxygens (including phenoxy) is 3. The molecule has 2 aliphatic heterocycles. The number of nitrogens with zero attached hydrogens (tertiary/aromatic N) is 1. The molecule has 1 unspecified atom stereocenters. The highest BCUT2D eigenvalue weighted by Gasteiger charge is 2.53. The first-order chi connectivity index (χ1) is 16.0. The summed E-state index contributed by atoms with van der Waals surface area (Å²) in [5, 5.41) is 13.8. The van der Waals surface area contributed by atoms with E-state index in [2.05, 4.69) is 21.1 Å². The van der Waals surface area contributed by atoms with Crippen LogP contribution in [-0.4, -0.2) is 55.9 Å².